The molecular weight excluding hydrogens is 413 g/mol. The Labute approximate surface area is 176 Å². The molecule has 0 radical (unpaired) electrons. The number of benzene rings is 1. The van der Waals surface area contributed by atoms with Crippen molar-refractivity contribution in [2.45, 2.75) is 25.7 Å². The minimum absolute atomic E-state index is 0.143. The van der Waals surface area contributed by atoms with Crippen molar-refractivity contribution >= 4 is 10.9 Å². The summed E-state index contributed by atoms with van der Waals surface area (Å²) in [6, 6.07) is 7.21. The van der Waals surface area contributed by atoms with Gasteiger partial charge in [-0.1, -0.05) is 0 Å². The van der Waals surface area contributed by atoms with Crippen LogP contribution in [0, 0.1) is 0 Å². The van der Waals surface area contributed by atoms with E-state index in [0.717, 1.165) is 10.9 Å². The van der Waals surface area contributed by atoms with Gasteiger partial charge in [-0.2, -0.15) is 0 Å². The van der Waals surface area contributed by atoms with Crippen molar-refractivity contribution in [3.63, 3.8) is 0 Å². The lowest BCUT2D eigenvalue weighted by molar-refractivity contribution is -0.274. The van der Waals surface area contributed by atoms with Gasteiger partial charge in [-0.25, -0.2) is 0 Å². The zero-order chi connectivity index (χ0) is 22.0. The van der Waals surface area contributed by atoms with Crippen LogP contribution in [0.15, 0.2) is 47.5 Å². The Balaban J connectivity index is 1.79. The molecule has 1 fully saturated rings. The molecule has 10 heteroatoms. The first-order valence-corrected chi connectivity index (χ1v) is 10.0. The molecule has 0 saturated carbocycles. The van der Waals surface area contributed by atoms with Crippen LogP contribution in [-0.2, 0) is 11.3 Å². The first-order valence-electron chi connectivity index (χ1n) is 10.0. The van der Waals surface area contributed by atoms with E-state index in [2.05, 4.69) is 15.6 Å². The van der Waals surface area contributed by atoms with E-state index in [1.54, 1.807) is 6.20 Å². The summed E-state index contributed by atoms with van der Waals surface area (Å²) in [5.41, 5.74) is 7.94. The Morgan fingerprint density at radius 3 is 2.48 bits per heavy atom. The number of alkyl halides is 3. The van der Waals surface area contributed by atoms with Gasteiger partial charge in [0.1, 0.15) is 11.3 Å². The maximum absolute atomic E-state index is 13.4. The summed E-state index contributed by atoms with van der Waals surface area (Å²) in [7, 11) is 0. The van der Waals surface area contributed by atoms with Crippen molar-refractivity contribution in [1.82, 2.24) is 20.0 Å². The molecule has 7 nitrogen and oxygen atoms in total. The molecule has 3 aromatic rings. The topological polar surface area (TPSA) is 69.4 Å². The van der Waals surface area contributed by atoms with Gasteiger partial charge in [0.05, 0.1) is 6.61 Å². The van der Waals surface area contributed by atoms with Crippen LogP contribution in [0.3, 0.4) is 0 Å². The van der Waals surface area contributed by atoms with Crippen LogP contribution >= 0.6 is 0 Å². The average Bonchev–Trinajstić information content (AvgIpc) is 3.39. The number of halogens is 3. The standard InChI is InChI=1S/C21H23F3N4O3/c1-2-30-10-9-27-8-7-17-18(14-11-25-26-12-14)13-28(20(29)19(17)27)15-3-5-16(6-4-15)31-21(22,23)24/h3-8,13-14,25-26H,2,9-12H2,1H3. The summed E-state index contributed by atoms with van der Waals surface area (Å²) >= 11 is 0. The lowest BCUT2D eigenvalue weighted by atomic mass is 9.98. The minimum Gasteiger partial charge on any atom is -0.406 e. The number of ether oxygens (including phenoxy) is 2. The second-order valence-corrected chi connectivity index (χ2v) is 7.23. The summed E-state index contributed by atoms with van der Waals surface area (Å²) < 4.78 is 50.1. The van der Waals surface area contributed by atoms with E-state index in [9.17, 15) is 18.0 Å². The normalized spacial score (nSPS) is 15.1. The Morgan fingerprint density at radius 2 is 1.84 bits per heavy atom. The first-order chi connectivity index (χ1) is 14.9. The number of nitrogens with one attached hydrogen (secondary N) is 2. The molecule has 1 saturated heterocycles. The van der Waals surface area contributed by atoms with Gasteiger partial charge in [-0.15, -0.1) is 13.2 Å². The number of nitrogens with zero attached hydrogens (tertiary/aromatic N) is 2. The number of rotatable bonds is 7. The monoisotopic (exact) mass is 436 g/mol. The van der Waals surface area contributed by atoms with Crippen molar-refractivity contribution in [2.75, 3.05) is 26.3 Å². The molecule has 2 N–H and O–H groups in total. The van der Waals surface area contributed by atoms with Gasteiger partial charge in [0.25, 0.3) is 5.56 Å². The lowest BCUT2D eigenvalue weighted by Gasteiger charge is -2.16. The van der Waals surface area contributed by atoms with E-state index >= 15 is 0 Å². The highest BCUT2D eigenvalue weighted by Crippen LogP contribution is 2.28. The predicted molar refractivity (Wildman–Crippen MR) is 109 cm³/mol. The molecule has 0 amide bonds. The Bertz CT molecular complexity index is 1100. The second kappa shape index (κ2) is 8.74. The zero-order valence-electron chi connectivity index (χ0n) is 16.9. The molecule has 1 aromatic carbocycles. The third-order valence-electron chi connectivity index (χ3n) is 5.25. The average molecular weight is 436 g/mol. The summed E-state index contributed by atoms with van der Waals surface area (Å²) in [5.74, 6) is -0.195. The fourth-order valence-corrected chi connectivity index (χ4v) is 3.83. The van der Waals surface area contributed by atoms with Crippen LogP contribution in [0.2, 0.25) is 0 Å². The molecular formula is C21H23F3N4O3. The third kappa shape index (κ3) is 4.60. The number of pyridine rings is 1. The van der Waals surface area contributed by atoms with E-state index in [1.807, 2.05) is 23.8 Å². The number of aromatic nitrogens is 2. The quantitative estimate of drug-likeness (QED) is 0.558. The summed E-state index contributed by atoms with van der Waals surface area (Å²) in [5, 5.41) is 0.866. The minimum atomic E-state index is -4.77. The number of fused-ring (bicyclic) bond motifs is 1. The van der Waals surface area contributed by atoms with Gasteiger partial charge in [0.2, 0.25) is 0 Å². The van der Waals surface area contributed by atoms with E-state index < -0.39 is 6.36 Å². The van der Waals surface area contributed by atoms with Gasteiger partial charge in [-0.3, -0.25) is 20.2 Å². The van der Waals surface area contributed by atoms with Gasteiger partial charge in [0, 0.05) is 55.6 Å². The van der Waals surface area contributed by atoms with Gasteiger partial charge in [0.15, 0.2) is 0 Å². The SMILES string of the molecule is CCOCCn1ccc2c(C3CNNC3)cn(-c3ccc(OC(F)(F)F)cc3)c(=O)c21. The Kier molecular flexibility index (Phi) is 6.03. The van der Waals surface area contributed by atoms with Crippen LogP contribution < -0.4 is 21.1 Å². The molecule has 31 heavy (non-hydrogen) atoms. The Hall–Kier alpha value is -2.82. The van der Waals surface area contributed by atoms with Crippen molar-refractivity contribution in [2.24, 2.45) is 0 Å². The molecule has 4 rings (SSSR count). The smallest absolute Gasteiger partial charge is 0.406 e. The van der Waals surface area contributed by atoms with Crippen molar-refractivity contribution < 1.29 is 22.6 Å². The second-order valence-electron chi connectivity index (χ2n) is 7.23. The predicted octanol–water partition coefficient (Wildman–Crippen LogP) is 2.92. The van der Waals surface area contributed by atoms with E-state index in [-0.39, 0.29) is 17.2 Å². The maximum Gasteiger partial charge on any atom is 0.573 e. The van der Waals surface area contributed by atoms with E-state index in [0.29, 0.717) is 44.1 Å². The van der Waals surface area contributed by atoms with Crippen LogP contribution in [0.4, 0.5) is 13.2 Å². The number of hydrazine groups is 1. The highest BCUT2D eigenvalue weighted by molar-refractivity contribution is 5.84. The molecule has 0 atom stereocenters. The third-order valence-corrected chi connectivity index (χ3v) is 5.25. The molecule has 0 bridgehead atoms. The van der Waals surface area contributed by atoms with E-state index in [1.165, 1.54) is 28.8 Å². The maximum atomic E-state index is 13.4. The van der Waals surface area contributed by atoms with Crippen LogP contribution in [0.25, 0.3) is 16.6 Å². The van der Waals surface area contributed by atoms with Crippen molar-refractivity contribution in [1.29, 1.82) is 0 Å². The highest BCUT2D eigenvalue weighted by Gasteiger charge is 2.31. The molecule has 0 aliphatic carbocycles. The Morgan fingerprint density at radius 1 is 1.13 bits per heavy atom. The fourth-order valence-electron chi connectivity index (χ4n) is 3.83. The summed E-state index contributed by atoms with van der Waals surface area (Å²) in [6.45, 7) is 4.90. The summed E-state index contributed by atoms with van der Waals surface area (Å²) in [4.78, 5) is 13.4. The molecule has 1 aliphatic rings. The van der Waals surface area contributed by atoms with Crippen LogP contribution in [-0.4, -0.2) is 41.8 Å². The first kappa shape index (κ1) is 21.4. The molecule has 0 unspecified atom stereocenters. The van der Waals surface area contributed by atoms with E-state index in [4.69, 9.17) is 4.74 Å². The molecule has 1 aliphatic heterocycles. The van der Waals surface area contributed by atoms with Crippen LogP contribution in [0.1, 0.15) is 18.4 Å². The summed E-state index contributed by atoms with van der Waals surface area (Å²) in [6.07, 6.45) is -1.13. The van der Waals surface area contributed by atoms with Gasteiger partial charge < -0.3 is 14.0 Å². The lowest BCUT2D eigenvalue weighted by Crippen LogP contribution is -2.23. The van der Waals surface area contributed by atoms with Crippen molar-refractivity contribution in [3.05, 3.63) is 58.6 Å². The highest BCUT2D eigenvalue weighted by atomic mass is 19.4. The van der Waals surface area contributed by atoms with Gasteiger partial charge >= 0.3 is 6.36 Å². The largest absolute Gasteiger partial charge is 0.573 e. The number of hydrogen-bond acceptors (Lipinski definition) is 5. The molecule has 0 spiro atoms. The fraction of sp³-hybridized carbons (Fsp3) is 0.381. The molecule has 166 valence electrons. The zero-order valence-corrected chi connectivity index (χ0v) is 16.9. The van der Waals surface area contributed by atoms with Crippen LogP contribution in [0.5, 0.6) is 5.75 Å². The molecule has 3 heterocycles. The number of hydrogen-bond donors (Lipinski definition) is 2. The van der Waals surface area contributed by atoms with Crippen molar-refractivity contribution in [3.8, 4) is 11.4 Å². The van der Waals surface area contributed by atoms with Gasteiger partial charge in [-0.05, 0) is 42.8 Å². The molecule has 2 aromatic heterocycles.